The van der Waals surface area contributed by atoms with E-state index in [1.165, 1.54) is 34.9 Å². The lowest BCUT2D eigenvalue weighted by Gasteiger charge is -2.09. The molecule has 5 heteroatoms. The predicted octanol–water partition coefficient (Wildman–Crippen LogP) is 2.89. The van der Waals surface area contributed by atoms with Gasteiger partial charge in [-0.25, -0.2) is 0 Å². The summed E-state index contributed by atoms with van der Waals surface area (Å²) in [6.45, 7) is 10.2. The summed E-state index contributed by atoms with van der Waals surface area (Å²) in [7, 11) is 1.74. The second-order valence-corrected chi connectivity index (χ2v) is 6.42. The third kappa shape index (κ3) is 6.01. The number of aryl methyl sites for hydroxylation is 2. The van der Waals surface area contributed by atoms with Gasteiger partial charge in [-0.2, -0.15) is 16.9 Å². The van der Waals surface area contributed by atoms with Crippen molar-refractivity contribution in [3.63, 3.8) is 0 Å². The zero-order valence-electron chi connectivity index (χ0n) is 14.1. The Morgan fingerprint density at radius 3 is 2.67 bits per heavy atom. The highest BCUT2D eigenvalue weighted by atomic mass is 32.2. The Morgan fingerprint density at radius 1 is 1.24 bits per heavy atom. The first-order valence-electron chi connectivity index (χ1n) is 8.13. The van der Waals surface area contributed by atoms with E-state index in [1.807, 2.05) is 11.8 Å². The number of hydrogen-bond acceptors (Lipinski definition) is 4. The molecule has 1 rings (SSSR count). The Morgan fingerprint density at radius 2 is 2.05 bits per heavy atom. The summed E-state index contributed by atoms with van der Waals surface area (Å²) in [6.07, 6.45) is 3.26. The van der Waals surface area contributed by atoms with Gasteiger partial charge >= 0.3 is 0 Å². The van der Waals surface area contributed by atoms with Crippen LogP contribution >= 0.6 is 11.8 Å². The summed E-state index contributed by atoms with van der Waals surface area (Å²) < 4.78 is 7.33. The number of thioether (sulfide) groups is 1. The molecule has 0 amide bonds. The smallest absolute Gasteiger partial charge is 0.0669 e. The van der Waals surface area contributed by atoms with Crippen LogP contribution < -0.4 is 5.32 Å². The van der Waals surface area contributed by atoms with Crippen molar-refractivity contribution in [2.45, 2.75) is 53.1 Å². The fourth-order valence-corrected chi connectivity index (χ4v) is 3.13. The maximum atomic E-state index is 5.09. The molecule has 1 aromatic heterocycles. The molecule has 0 fully saturated rings. The maximum absolute atomic E-state index is 5.09. The van der Waals surface area contributed by atoms with Gasteiger partial charge < -0.3 is 10.1 Å². The normalized spacial score (nSPS) is 11.2. The average Bonchev–Trinajstić information content (AvgIpc) is 2.85. The zero-order valence-corrected chi connectivity index (χ0v) is 14.9. The van der Waals surface area contributed by atoms with E-state index >= 15 is 0 Å². The Balaban J connectivity index is 2.68. The molecule has 0 aliphatic rings. The third-order valence-corrected chi connectivity index (χ3v) is 4.55. The van der Waals surface area contributed by atoms with E-state index < -0.39 is 0 Å². The first-order chi connectivity index (χ1) is 10.3. The summed E-state index contributed by atoms with van der Waals surface area (Å²) >= 11 is 2.01. The van der Waals surface area contributed by atoms with Crippen molar-refractivity contribution in [2.24, 2.45) is 0 Å². The topological polar surface area (TPSA) is 39.1 Å². The van der Waals surface area contributed by atoms with Crippen molar-refractivity contribution in [1.29, 1.82) is 0 Å². The van der Waals surface area contributed by atoms with Crippen molar-refractivity contribution < 1.29 is 4.74 Å². The summed E-state index contributed by atoms with van der Waals surface area (Å²) in [4.78, 5) is 0. The number of hydrogen-bond donors (Lipinski definition) is 1. The van der Waals surface area contributed by atoms with Crippen molar-refractivity contribution in [2.75, 3.05) is 31.8 Å². The highest BCUT2D eigenvalue weighted by molar-refractivity contribution is 7.99. The van der Waals surface area contributed by atoms with Crippen LogP contribution in [0.5, 0.6) is 0 Å². The molecule has 0 saturated carbocycles. The van der Waals surface area contributed by atoms with Crippen LogP contribution in [0.25, 0.3) is 0 Å². The number of aromatic nitrogens is 2. The first-order valence-corrected chi connectivity index (χ1v) is 9.28. The maximum Gasteiger partial charge on any atom is 0.0669 e. The molecule has 0 aromatic carbocycles. The molecular weight excluding hydrogens is 282 g/mol. The number of ether oxygens (including phenoxy) is 1. The molecule has 0 bridgehead atoms. The second-order valence-electron chi connectivity index (χ2n) is 5.02. The minimum atomic E-state index is 0.755. The molecule has 122 valence electrons. The van der Waals surface area contributed by atoms with Crippen LogP contribution in [0, 0.1) is 0 Å². The fraction of sp³-hybridized carbons (Fsp3) is 0.812. The SMILES string of the molecule is CCSCCCn1nc(CC)c(CNCCOC)c1CC. The van der Waals surface area contributed by atoms with E-state index in [-0.39, 0.29) is 0 Å². The van der Waals surface area contributed by atoms with Gasteiger partial charge in [-0.15, -0.1) is 0 Å². The lowest BCUT2D eigenvalue weighted by Crippen LogP contribution is -2.20. The molecule has 1 aromatic rings. The van der Waals surface area contributed by atoms with Crippen LogP contribution in [-0.2, 0) is 30.7 Å². The van der Waals surface area contributed by atoms with Crippen molar-refractivity contribution in [3.05, 3.63) is 17.0 Å². The first kappa shape index (κ1) is 18.5. The fourth-order valence-electron chi connectivity index (χ4n) is 2.51. The lowest BCUT2D eigenvalue weighted by molar-refractivity contribution is 0.199. The summed E-state index contributed by atoms with van der Waals surface area (Å²) in [6, 6.07) is 0. The van der Waals surface area contributed by atoms with Crippen molar-refractivity contribution >= 4 is 11.8 Å². The van der Waals surface area contributed by atoms with E-state index in [1.54, 1.807) is 7.11 Å². The van der Waals surface area contributed by atoms with Crippen LogP contribution in [0.2, 0.25) is 0 Å². The number of rotatable bonds is 12. The highest BCUT2D eigenvalue weighted by Crippen LogP contribution is 2.17. The number of nitrogens with zero attached hydrogens (tertiary/aromatic N) is 2. The third-order valence-electron chi connectivity index (χ3n) is 3.57. The van der Waals surface area contributed by atoms with Crippen molar-refractivity contribution in [1.82, 2.24) is 15.1 Å². The van der Waals surface area contributed by atoms with E-state index in [9.17, 15) is 0 Å². The van der Waals surface area contributed by atoms with Gasteiger partial charge in [0.2, 0.25) is 0 Å². The van der Waals surface area contributed by atoms with Gasteiger partial charge in [-0.05, 0) is 30.8 Å². The number of methoxy groups -OCH3 is 1. The predicted molar refractivity (Wildman–Crippen MR) is 92.2 cm³/mol. The molecule has 21 heavy (non-hydrogen) atoms. The van der Waals surface area contributed by atoms with Gasteiger partial charge in [-0.1, -0.05) is 20.8 Å². The van der Waals surface area contributed by atoms with Gasteiger partial charge in [-0.3, -0.25) is 4.68 Å². The van der Waals surface area contributed by atoms with Crippen LogP contribution in [0.4, 0.5) is 0 Å². The molecule has 1 heterocycles. The van der Waals surface area contributed by atoms with Crippen LogP contribution in [0.1, 0.15) is 44.1 Å². The van der Waals surface area contributed by atoms with Crippen LogP contribution in [-0.4, -0.2) is 41.5 Å². The molecule has 0 atom stereocenters. The standard InChI is InChI=1S/C16H31N3OS/c1-5-15-14(13-17-9-11-20-4)16(6-2)19(18-15)10-8-12-21-7-3/h17H,5-13H2,1-4H3. The van der Waals surface area contributed by atoms with Gasteiger partial charge in [0.25, 0.3) is 0 Å². The zero-order chi connectivity index (χ0) is 15.5. The monoisotopic (exact) mass is 313 g/mol. The Hall–Kier alpha value is -0.520. The van der Waals surface area contributed by atoms with Gasteiger partial charge in [0.05, 0.1) is 12.3 Å². The molecule has 0 radical (unpaired) electrons. The Kier molecular flexibility index (Phi) is 9.79. The molecule has 4 nitrogen and oxygen atoms in total. The number of nitrogens with one attached hydrogen (secondary N) is 1. The Bertz CT molecular complexity index is 393. The van der Waals surface area contributed by atoms with E-state index in [0.717, 1.165) is 39.1 Å². The molecule has 0 unspecified atom stereocenters. The Labute approximate surface area is 134 Å². The molecule has 0 aliphatic carbocycles. The average molecular weight is 314 g/mol. The van der Waals surface area contributed by atoms with Gasteiger partial charge in [0, 0.05) is 38.0 Å². The van der Waals surface area contributed by atoms with E-state index in [2.05, 4.69) is 30.8 Å². The molecule has 0 spiro atoms. The van der Waals surface area contributed by atoms with Gasteiger partial charge in [0.1, 0.15) is 0 Å². The quantitative estimate of drug-likeness (QED) is 0.602. The minimum Gasteiger partial charge on any atom is -0.383 e. The molecule has 0 aliphatic heterocycles. The van der Waals surface area contributed by atoms with E-state index in [4.69, 9.17) is 9.84 Å². The van der Waals surface area contributed by atoms with Crippen LogP contribution in [0.15, 0.2) is 0 Å². The largest absolute Gasteiger partial charge is 0.383 e. The molecule has 0 saturated heterocycles. The molecular formula is C16H31N3OS. The summed E-state index contributed by atoms with van der Waals surface area (Å²) in [5, 5.41) is 8.29. The minimum absolute atomic E-state index is 0.755. The summed E-state index contributed by atoms with van der Waals surface area (Å²) in [5.41, 5.74) is 4.05. The summed E-state index contributed by atoms with van der Waals surface area (Å²) in [5.74, 6) is 2.43. The highest BCUT2D eigenvalue weighted by Gasteiger charge is 2.14. The van der Waals surface area contributed by atoms with Crippen molar-refractivity contribution in [3.8, 4) is 0 Å². The molecule has 1 N–H and O–H groups in total. The second kappa shape index (κ2) is 11.1. The lowest BCUT2D eigenvalue weighted by atomic mass is 10.1. The van der Waals surface area contributed by atoms with E-state index in [0.29, 0.717) is 0 Å². The van der Waals surface area contributed by atoms with Gasteiger partial charge in [0.15, 0.2) is 0 Å². The van der Waals surface area contributed by atoms with Crippen LogP contribution in [0.3, 0.4) is 0 Å².